The third-order valence-corrected chi connectivity index (χ3v) is 5.89. The molecular formula is C19H32O8. The molecule has 2 aliphatic rings. The first kappa shape index (κ1) is 22.4. The van der Waals surface area contributed by atoms with Crippen molar-refractivity contribution in [1.82, 2.24) is 0 Å². The van der Waals surface area contributed by atoms with Crippen molar-refractivity contribution in [3.63, 3.8) is 0 Å². The van der Waals surface area contributed by atoms with Gasteiger partial charge in [0.05, 0.1) is 18.3 Å². The summed E-state index contributed by atoms with van der Waals surface area (Å²) >= 11 is 0. The highest BCUT2D eigenvalue weighted by molar-refractivity contribution is 5.92. The third-order valence-electron chi connectivity index (χ3n) is 5.89. The molecule has 1 fully saturated rings. The second-order valence-corrected chi connectivity index (χ2v) is 8.40. The molecule has 5 N–H and O–H groups in total. The fourth-order valence-electron chi connectivity index (χ4n) is 3.95. The van der Waals surface area contributed by atoms with Crippen LogP contribution in [0.5, 0.6) is 0 Å². The van der Waals surface area contributed by atoms with Crippen LogP contribution in [-0.2, 0) is 14.3 Å². The van der Waals surface area contributed by atoms with Crippen LogP contribution in [0.25, 0.3) is 0 Å². The molecule has 8 heteroatoms. The lowest BCUT2D eigenvalue weighted by Crippen LogP contribution is -2.59. The van der Waals surface area contributed by atoms with Gasteiger partial charge < -0.3 is 35.0 Å². The average Bonchev–Trinajstić information content (AvgIpc) is 2.58. The molecule has 1 aliphatic heterocycles. The van der Waals surface area contributed by atoms with Crippen LogP contribution in [0.3, 0.4) is 0 Å². The molecule has 156 valence electrons. The van der Waals surface area contributed by atoms with E-state index in [9.17, 15) is 30.3 Å². The first-order valence-corrected chi connectivity index (χ1v) is 9.33. The molecule has 2 rings (SSSR count). The average molecular weight is 388 g/mol. The van der Waals surface area contributed by atoms with E-state index in [-0.39, 0.29) is 12.2 Å². The molecule has 27 heavy (non-hydrogen) atoms. The molecule has 0 aromatic rings. The minimum atomic E-state index is -1.49. The second-order valence-electron chi connectivity index (χ2n) is 8.40. The van der Waals surface area contributed by atoms with Crippen LogP contribution < -0.4 is 0 Å². The van der Waals surface area contributed by atoms with Gasteiger partial charge in [-0.05, 0) is 38.3 Å². The summed E-state index contributed by atoms with van der Waals surface area (Å²) in [7, 11) is 0. The van der Waals surface area contributed by atoms with E-state index in [2.05, 4.69) is 0 Å². The highest BCUT2D eigenvalue weighted by Crippen LogP contribution is 2.46. The monoisotopic (exact) mass is 388 g/mol. The largest absolute Gasteiger partial charge is 0.394 e. The normalized spacial score (nSPS) is 40.6. The summed E-state index contributed by atoms with van der Waals surface area (Å²) in [6.07, 6.45) is -4.59. The molecule has 0 amide bonds. The fraction of sp³-hybridized carbons (Fsp3) is 0.842. The number of aliphatic hydroxyl groups is 5. The van der Waals surface area contributed by atoms with E-state index in [0.717, 1.165) is 0 Å². The van der Waals surface area contributed by atoms with E-state index in [1.807, 2.05) is 13.8 Å². The summed E-state index contributed by atoms with van der Waals surface area (Å²) in [6.45, 7) is 6.66. The number of allylic oxidation sites excluding steroid dienone is 1. The number of aliphatic hydroxyl groups excluding tert-OH is 4. The zero-order valence-electron chi connectivity index (χ0n) is 16.3. The molecule has 0 unspecified atom stereocenters. The highest BCUT2D eigenvalue weighted by Gasteiger charge is 2.49. The number of ether oxygens (including phenoxy) is 2. The van der Waals surface area contributed by atoms with Gasteiger partial charge >= 0.3 is 0 Å². The first-order chi connectivity index (χ1) is 12.4. The Balaban J connectivity index is 2.00. The van der Waals surface area contributed by atoms with Crippen molar-refractivity contribution in [2.24, 2.45) is 5.41 Å². The fourth-order valence-corrected chi connectivity index (χ4v) is 3.95. The molecule has 0 spiro atoms. The first-order valence-electron chi connectivity index (χ1n) is 9.33. The van der Waals surface area contributed by atoms with Crippen molar-refractivity contribution in [2.45, 2.75) is 89.4 Å². The number of rotatable bonds is 6. The summed E-state index contributed by atoms with van der Waals surface area (Å²) < 4.78 is 11.0. The Morgan fingerprint density at radius 1 is 1.26 bits per heavy atom. The second kappa shape index (κ2) is 8.24. The quantitative estimate of drug-likeness (QED) is 0.416. The van der Waals surface area contributed by atoms with Crippen molar-refractivity contribution in [1.29, 1.82) is 0 Å². The predicted molar refractivity (Wildman–Crippen MR) is 95.7 cm³/mol. The Labute approximate surface area is 159 Å². The van der Waals surface area contributed by atoms with E-state index in [1.54, 1.807) is 13.8 Å². The molecule has 8 nitrogen and oxygen atoms in total. The maximum Gasteiger partial charge on any atom is 0.186 e. The lowest BCUT2D eigenvalue weighted by Gasteiger charge is -2.46. The van der Waals surface area contributed by atoms with Crippen LogP contribution in [0, 0.1) is 5.41 Å². The molecule has 1 aliphatic carbocycles. The Kier molecular flexibility index (Phi) is 6.85. The maximum absolute atomic E-state index is 11.8. The number of hydrogen-bond acceptors (Lipinski definition) is 8. The molecule has 0 bridgehead atoms. The summed E-state index contributed by atoms with van der Waals surface area (Å²) in [5.41, 5.74) is -1.16. The van der Waals surface area contributed by atoms with Crippen LogP contribution in [0.1, 0.15) is 47.0 Å². The van der Waals surface area contributed by atoms with E-state index in [4.69, 9.17) is 9.47 Å². The van der Waals surface area contributed by atoms with Crippen molar-refractivity contribution < 1.29 is 39.8 Å². The van der Waals surface area contributed by atoms with Crippen LogP contribution >= 0.6 is 0 Å². The molecule has 0 radical (unpaired) electrons. The molecule has 0 aromatic carbocycles. The van der Waals surface area contributed by atoms with Gasteiger partial charge in [0.1, 0.15) is 24.4 Å². The zero-order chi connectivity index (χ0) is 20.6. The van der Waals surface area contributed by atoms with Crippen molar-refractivity contribution in [3.05, 3.63) is 11.6 Å². The molecule has 0 saturated carbocycles. The summed E-state index contributed by atoms with van der Waals surface area (Å²) in [5.74, 6) is -0.00667. The molecular weight excluding hydrogens is 356 g/mol. The SMILES string of the molecule is CC1=CC(=O)CC(C)(C)[C@]1(O)CC[C@H](C)O[C@@H]1O[C@H](CO)[C@@H](O)[C@H](O)[C@H]1O. The Morgan fingerprint density at radius 2 is 1.89 bits per heavy atom. The van der Waals surface area contributed by atoms with E-state index in [1.165, 1.54) is 6.08 Å². The van der Waals surface area contributed by atoms with Crippen LogP contribution in [-0.4, -0.2) is 80.3 Å². The number of carbonyl (C=O) groups excluding carboxylic acids is 1. The summed E-state index contributed by atoms with van der Waals surface area (Å²) in [5, 5.41) is 50.1. The van der Waals surface area contributed by atoms with Gasteiger partial charge in [0, 0.05) is 11.8 Å². The molecule has 0 aromatic heterocycles. The molecule has 1 saturated heterocycles. The van der Waals surface area contributed by atoms with Crippen LogP contribution in [0.15, 0.2) is 11.6 Å². The van der Waals surface area contributed by atoms with Gasteiger partial charge in [-0.3, -0.25) is 4.79 Å². The minimum Gasteiger partial charge on any atom is -0.394 e. The van der Waals surface area contributed by atoms with E-state index in [0.29, 0.717) is 18.4 Å². The molecule has 7 atom stereocenters. The van der Waals surface area contributed by atoms with Crippen molar-refractivity contribution in [2.75, 3.05) is 6.61 Å². The summed E-state index contributed by atoms with van der Waals surface area (Å²) in [6, 6.07) is 0. The Morgan fingerprint density at radius 3 is 2.44 bits per heavy atom. The van der Waals surface area contributed by atoms with Gasteiger partial charge in [-0.25, -0.2) is 0 Å². The zero-order valence-corrected chi connectivity index (χ0v) is 16.3. The van der Waals surface area contributed by atoms with Crippen molar-refractivity contribution >= 4 is 5.78 Å². The van der Waals surface area contributed by atoms with E-state index < -0.39 is 54.4 Å². The lowest BCUT2D eigenvalue weighted by molar-refractivity contribution is -0.310. The standard InChI is InChI=1S/C19H32O8/c1-10-7-12(21)8-18(3,4)19(10,25)6-5-11(2)26-17-16(24)15(23)14(22)13(9-20)27-17/h7,11,13-17,20,22-25H,5-6,8-9H2,1-4H3/t11-,13+,14+,15-,16+,17+,19-/m0/s1. The lowest BCUT2D eigenvalue weighted by atomic mass is 9.63. The third kappa shape index (κ3) is 4.42. The highest BCUT2D eigenvalue weighted by atomic mass is 16.7. The van der Waals surface area contributed by atoms with Gasteiger partial charge in [0.15, 0.2) is 12.1 Å². The van der Waals surface area contributed by atoms with Crippen LogP contribution in [0.2, 0.25) is 0 Å². The number of ketones is 1. The van der Waals surface area contributed by atoms with Gasteiger partial charge in [-0.2, -0.15) is 0 Å². The summed E-state index contributed by atoms with van der Waals surface area (Å²) in [4.78, 5) is 11.8. The topological polar surface area (TPSA) is 137 Å². The van der Waals surface area contributed by atoms with Gasteiger partial charge in [-0.15, -0.1) is 0 Å². The van der Waals surface area contributed by atoms with Crippen LogP contribution in [0.4, 0.5) is 0 Å². The smallest absolute Gasteiger partial charge is 0.186 e. The van der Waals surface area contributed by atoms with Gasteiger partial charge in [-0.1, -0.05) is 13.8 Å². The molecule has 1 heterocycles. The van der Waals surface area contributed by atoms with E-state index >= 15 is 0 Å². The van der Waals surface area contributed by atoms with Gasteiger partial charge in [0.25, 0.3) is 0 Å². The number of carbonyl (C=O) groups is 1. The predicted octanol–water partition coefficient (Wildman–Crippen LogP) is -0.352. The van der Waals surface area contributed by atoms with Crippen molar-refractivity contribution in [3.8, 4) is 0 Å². The Bertz CT molecular complexity index is 572. The number of hydrogen-bond donors (Lipinski definition) is 5. The minimum absolute atomic E-state index is 0.00667. The van der Waals surface area contributed by atoms with Gasteiger partial charge in [0.2, 0.25) is 0 Å². The Hall–Kier alpha value is -0.870. The maximum atomic E-state index is 11.8.